The second-order valence-corrected chi connectivity index (χ2v) is 8.38. The zero-order chi connectivity index (χ0) is 19.3. The van der Waals surface area contributed by atoms with Crippen molar-refractivity contribution in [2.45, 2.75) is 50.6 Å². The van der Waals surface area contributed by atoms with Crippen molar-refractivity contribution in [1.82, 2.24) is 15.1 Å². The first-order chi connectivity index (χ1) is 13.7. The minimum Gasteiger partial charge on any atom is -0.495 e. The van der Waals surface area contributed by atoms with Crippen LogP contribution >= 0.6 is 0 Å². The fraction of sp³-hybridized carbons (Fsp3) is 0.682. The molecule has 154 valence electrons. The molecule has 3 saturated heterocycles. The van der Waals surface area contributed by atoms with Crippen LogP contribution in [-0.2, 0) is 0 Å². The minimum atomic E-state index is 0.150. The van der Waals surface area contributed by atoms with E-state index in [1.165, 1.54) is 25.9 Å². The highest BCUT2D eigenvalue weighted by atomic mass is 16.5. The first kappa shape index (κ1) is 19.4. The highest BCUT2D eigenvalue weighted by molar-refractivity contribution is 5.75. The number of piperidine rings is 1. The van der Waals surface area contributed by atoms with E-state index in [-0.39, 0.29) is 12.1 Å². The van der Waals surface area contributed by atoms with Gasteiger partial charge in [-0.15, -0.1) is 0 Å². The lowest BCUT2D eigenvalue weighted by atomic mass is 10.0. The number of para-hydroxylation sites is 2. The lowest BCUT2D eigenvalue weighted by Crippen LogP contribution is -2.52. The lowest BCUT2D eigenvalue weighted by Gasteiger charge is -2.36. The molecule has 6 heteroatoms. The summed E-state index contributed by atoms with van der Waals surface area (Å²) in [5, 5.41) is 3.33. The number of likely N-dealkylation sites (tertiary alicyclic amines) is 2. The van der Waals surface area contributed by atoms with Gasteiger partial charge in [0.2, 0.25) is 0 Å². The summed E-state index contributed by atoms with van der Waals surface area (Å²) in [5.74, 6) is 0.923. The summed E-state index contributed by atoms with van der Waals surface area (Å²) in [7, 11) is 1.72. The summed E-state index contributed by atoms with van der Waals surface area (Å²) < 4.78 is 5.50. The maximum Gasteiger partial charge on any atom is 0.317 e. The monoisotopic (exact) mass is 386 g/mol. The van der Waals surface area contributed by atoms with Gasteiger partial charge in [0.25, 0.3) is 0 Å². The lowest BCUT2D eigenvalue weighted by molar-refractivity contribution is 0.170. The Morgan fingerprint density at radius 1 is 1.04 bits per heavy atom. The second-order valence-electron chi connectivity index (χ2n) is 8.38. The Morgan fingerprint density at radius 3 is 2.54 bits per heavy atom. The van der Waals surface area contributed by atoms with Gasteiger partial charge in [0.05, 0.1) is 12.8 Å². The summed E-state index contributed by atoms with van der Waals surface area (Å²) >= 11 is 0. The highest BCUT2D eigenvalue weighted by Crippen LogP contribution is 2.30. The van der Waals surface area contributed by atoms with Gasteiger partial charge in [0.1, 0.15) is 5.75 Å². The number of carbonyl (C=O) groups is 1. The molecule has 3 heterocycles. The van der Waals surface area contributed by atoms with E-state index in [2.05, 4.69) is 32.1 Å². The van der Waals surface area contributed by atoms with Gasteiger partial charge in [-0.3, -0.25) is 0 Å². The molecule has 0 aromatic heterocycles. The second kappa shape index (κ2) is 9.03. The third-order valence-electron chi connectivity index (χ3n) is 6.55. The summed E-state index contributed by atoms with van der Waals surface area (Å²) in [6.45, 7) is 6.26. The van der Waals surface area contributed by atoms with Crippen molar-refractivity contribution in [3.05, 3.63) is 24.3 Å². The van der Waals surface area contributed by atoms with Gasteiger partial charge in [0, 0.05) is 38.3 Å². The van der Waals surface area contributed by atoms with Crippen molar-refractivity contribution in [1.29, 1.82) is 0 Å². The van der Waals surface area contributed by atoms with Crippen LogP contribution in [0.15, 0.2) is 24.3 Å². The standard InChI is InChI=1S/C22H34N4O2/c1-28-21-9-3-2-8-20(21)25-15-10-18(11-16-25)23-22(27)26-14-6-7-19(26)17-24-12-4-5-13-24/h2-3,8-9,18-19H,4-7,10-17H2,1H3,(H,23,27). The fourth-order valence-corrected chi connectivity index (χ4v) is 4.97. The number of anilines is 1. The molecule has 3 fully saturated rings. The Kier molecular flexibility index (Phi) is 6.25. The molecule has 1 atom stereocenters. The van der Waals surface area contributed by atoms with E-state index in [1.54, 1.807) is 7.11 Å². The van der Waals surface area contributed by atoms with E-state index >= 15 is 0 Å². The van der Waals surface area contributed by atoms with E-state index in [0.717, 1.165) is 63.3 Å². The minimum absolute atomic E-state index is 0.150. The van der Waals surface area contributed by atoms with Crippen molar-refractivity contribution in [3.63, 3.8) is 0 Å². The molecule has 2 amide bonds. The third kappa shape index (κ3) is 4.37. The number of carbonyl (C=O) groups excluding carboxylic acids is 1. The van der Waals surface area contributed by atoms with E-state index in [9.17, 15) is 4.79 Å². The summed E-state index contributed by atoms with van der Waals surface area (Å²) in [5.41, 5.74) is 1.15. The Labute approximate surface area is 168 Å². The molecule has 6 nitrogen and oxygen atoms in total. The zero-order valence-electron chi connectivity index (χ0n) is 17.1. The number of hydrogen-bond acceptors (Lipinski definition) is 4. The molecule has 0 saturated carbocycles. The van der Waals surface area contributed by atoms with E-state index in [0.29, 0.717) is 6.04 Å². The molecule has 1 aromatic carbocycles. The van der Waals surface area contributed by atoms with Crippen LogP contribution in [0.5, 0.6) is 5.75 Å². The molecule has 1 aromatic rings. The third-order valence-corrected chi connectivity index (χ3v) is 6.55. The quantitative estimate of drug-likeness (QED) is 0.845. The number of amides is 2. The van der Waals surface area contributed by atoms with E-state index in [1.807, 2.05) is 12.1 Å². The van der Waals surface area contributed by atoms with Crippen molar-refractivity contribution in [2.75, 3.05) is 51.3 Å². The number of nitrogens with zero attached hydrogens (tertiary/aromatic N) is 3. The van der Waals surface area contributed by atoms with Crippen LogP contribution < -0.4 is 15.0 Å². The normalized spacial score (nSPS) is 24.0. The first-order valence-electron chi connectivity index (χ1n) is 10.9. The van der Waals surface area contributed by atoms with Crippen LogP contribution in [0, 0.1) is 0 Å². The van der Waals surface area contributed by atoms with Gasteiger partial charge in [-0.1, -0.05) is 12.1 Å². The van der Waals surface area contributed by atoms with Crippen molar-refractivity contribution in [3.8, 4) is 5.75 Å². The average Bonchev–Trinajstić information content (AvgIpc) is 3.41. The molecule has 0 spiro atoms. The Bertz CT molecular complexity index is 654. The van der Waals surface area contributed by atoms with Crippen LogP contribution in [-0.4, -0.2) is 74.3 Å². The number of ether oxygens (including phenoxy) is 1. The maximum atomic E-state index is 12.9. The van der Waals surface area contributed by atoms with Gasteiger partial charge in [0.15, 0.2) is 0 Å². The van der Waals surface area contributed by atoms with E-state index < -0.39 is 0 Å². The molecule has 1 N–H and O–H groups in total. The number of nitrogens with one attached hydrogen (secondary N) is 1. The van der Waals surface area contributed by atoms with Crippen molar-refractivity contribution >= 4 is 11.7 Å². The first-order valence-corrected chi connectivity index (χ1v) is 10.9. The number of methoxy groups -OCH3 is 1. The molecule has 0 bridgehead atoms. The van der Waals surface area contributed by atoms with Gasteiger partial charge >= 0.3 is 6.03 Å². The largest absolute Gasteiger partial charge is 0.495 e. The number of rotatable bonds is 5. The molecule has 4 rings (SSSR count). The smallest absolute Gasteiger partial charge is 0.317 e. The number of hydrogen-bond donors (Lipinski definition) is 1. The van der Waals surface area contributed by atoms with Crippen molar-refractivity contribution < 1.29 is 9.53 Å². The van der Waals surface area contributed by atoms with Crippen LogP contribution in [0.1, 0.15) is 38.5 Å². The van der Waals surface area contributed by atoms with E-state index in [4.69, 9.17) is 4.74 Å². The predicted octanol–water partition coefficient (Wildman–Crippen LogP) is 2.93. The maximum absolute atomic E-state index is 12.9. The molecule has 0 radical (unpaired) electrons. The molecule has 3 aliphatic heterocycles. The topological polar surface area (TPSA) is 48.1 Å². The van der Waals surface area contributed by atoms with Crippen LogP contribution in [0.4, 0.5) is 10.5 Å². The van der Waals surface area contributed by atoms with Gasteiger partial charge in [-0.2, -0.15) is 0 Å². The van der Waals surface area contributed by atoms with Crippen LogP contribution in [0.25, 0.3) is 0 Å². The molecular weight excluding hydrogens is 352 g/mol. The summed E-state index contributed by atoms with van der Waals surface area (Å²) in [4.78, 5) is 19.9. The van der Waals surface area contributed by atoms with Gasteiger partial charge in [-0.25, -0.2) is 4.79 Å². The fourth-order valence-electron chi connectivity index (χ4n) is 4.97. The number of benzene rings is 1. The van der Waals surface area contributed by atoms with Gasteiger partial charge in [-0.05, 0) is 63.7 Å². The molecule has 28 heavy (non-hydrogen) atoms. The summed E-state index contributed by atoms with van der Waals surface area (Å²) in [6, 6.07) is 9.00. The van der Waals surface area contributed by atoms with Crippen LogP contribution in [0.3, 0.4) is 0 Å². The van der Waals surface area contributed by atoms with Crippen molar-refractivity contribution in [2.24, 2.45) is 0 Å². The summed E-state index contributed by atoms with van der Waals surface area (Å²) in [6.07, 6.45) is 6.87. The average molecular weight is 387 g/mol. The Balaban J connectivity index is 1.27. The molecule has 3 aliphatic rings. The highest BCUT2D eigenvalue weighted by Gasteiger charge is 2.32. The van der Waals surface area contributed by atoms with Crippen LogP contribution in [0.2, 0.25) is 0 Å². The predicted molar refractivity (Wildman–Crippen MR) is 112 cm³/mol. The SMILES string of the molecule is COc1ccccc1N1CCC(NC(=O)N2CCCC2CN2CCCC2)CC1. The molecule has 1 unspecified atom stereocenters. The Hall–Kier alpha value is -1.95. The Morgan fingerprint density at radius 2 is 1.79 bits per heavy atom. The zero-order valence-corrected chi connectivity index (χ0v) is 17.1. The number of urea groups is 1. The molecular formula is C22H34N4O2. The molecule has 0 aliphatic carbocycles. The van der Waals surface area contributed by atoms with Gasteiger partial charge < -0.3 is 24.8 Å².